The Kier molecular flexibility index (Phi) is 4.16. The minimum Gasteiger partial charge on any atom is -0.378 e. The van der Waals surface area contributed by atoms with Crippen LogP contribution in [-0.2, 0) is 4.74 Å². The first kappa shape index (κ1) is 13.1. The van der Waals surface area contributed by atoms with Crippen LogP contribution >= 0.6 is 0 Å². The fourth-order valence-corrected chi connectivity index (χ4v) is 3.32. The second kappa shape index (κ2) is 6.04. The summed E-state index contributed by atoms with van der Waals surface area (Å²) < 4.78 is 5.77. The first-order valence-corrected chi connectivity index (χ1v) is 7.54. The Labute approximate surface area is 115 Å². The molecule has 0 saturated carbocycles. The highest BCUT2D eigenvalue weighted by Crippen LogP contribution is 2.36. The van der Waals surface area contributed by atoms with Gasteiger partial charge in [0.25, 0.3) is 0 Å². The summed E-state index contributed by atoms with van der Waals surface area (Å²) in [5.74, 6) is 0. The molecular weight excluding hydrogens is 236 g/mol. The van der Waals surface area contributed by atoms with Crippen molar-refractivity contribution in [3.8, 4) is 0 Å². The standard InChI is InChI=1S/C16H24N2O/c17-15-11-16(14-7-2-1-6-13(14)15)18-9-8-12-5-3-4-10-19-12/h1-2,6-7,12,15-16,18H,3-5,8-11,17H2. The third-order valence-electron chi connectivity index (χ3n) is 4.39. The van der Waals surface area contributed by atoms with E-state index < -0.39 is 0 Å². The topological polar surface area (TPSA) is 47.3 Å². The van der Waals surface area contributed by atoms with Crippen LogP contribution in [0, 0.1) is 0 Å². The summed E-state index contributed by atoms with van der Waals surface area (Å²) in [4.78, 5) is 0. The molecule has 1 aromatic carbocycles. The molecule has 0 aromatic heterocycles. The van der Waals surface area contributed by atoms with Crippen LogP contribution in [0.25, 0.3) is 0 Å². The molecule has 0 bridgehead atoms. The van der Waals surface area contributed by atoms with Crippen LogP contribution in [0.4, 0.5) is 0 Å². The molecule has 3 rings (SSSR count). The number of nitrogens with one attached hydrogen (secondary N) is 1. The zero-order chi connectivity index (χ0) is 13.1. The lowest BCUT2D eigenvalue weighted by Gasteiger charge is -2.23. The smallest absolute Gasteiger partial charge is 0.0587 e. The highest BCUT2D eigenvalue weighted by molar-refractivity contribution is 5.37. The fraction of sp³-hybridized carbons (Fsp3) is 0.625. The maximum atomic E-state index is 6.19. The number of rotatable bonds is 4. The lowest BCUT2D eigenvalue weighted by Crippen LogP contribution is -2.27. The molecule has 3 nitrogen and oxygen atoms in total. The number of benzene rings is 1. The van der Waals surface area contributed by atoms with Gasteiger partial charge in [-0.15, -0.1) is 0 Å². The second-order valence-corrected chi connectivity index (χ2v) is 5.76. The van der Waals surface area contributed by atoms with Gasteiger partial charge in [0.15, 0.2) is 0 Å². The summed E-state index contributed by atoms with van der Waals surface area (Å²) in [6, 6.07) is 9.17. The Bertz CT molecular complexity index is 415. The second-order valence-electron chi connectivity index (χ2n) is 5.76. The molecule has 1 fully saturated rings. The van der Waals surface area contributed by atoms with Gasteiger partial charge >= 0.3 is 0 Å². The summed E-state index contributed by atoms with van der Waals surface area (Å²) >= 11 is 0. The van der Waals surface area contributed by atoms with E-state index in [2.05, 4.69) is 29.6 Å². The average Bonchev–Trinajstić information content (AvgIpc) is 2.78. The van der Waals surface area contributed by atoms with Crippen molar-refractivity contribution >= 4 is 0 Å². The number of fused-ring (bicyclic) bond motifs is 1. The van der Waals surface area contributed by atoms with Gasteiger partial charge in [0.2, 0.25) is 0 Å². The fourth-order valence-electron chi connectivity index (χ4n) is 3.32. The molecule has 3 heteroatoms. The summed E-state index contributed by atoms with van der Waals surface area (Å²) in [7, 11) is 0. The van der Waals surface area contributed by atoms with Crippen molar-refractivity contribution in [2.75, 3.05) is 13.2 Å². The SMILES string of the molecule is NC1CC(NCCC2CCCCO2)c2ccccc21. The number of ether oxygens (including phenoxy) is 1. The normalized spacial score (nSPS) is 30.3. The van der Waals surface area contributed by atoms with Crippen LogP contribution in [-0.4, -0.2) is 19.3 Å². The molecular formula is C16H24N2O. The Morgan fingerprint density at radius 2 is 2.05 bits per heavy atom. The molecule has 1 aliphatic heterocycles. The third kappa shape index (κ3) is 2.99. The molecule has 1 aliphatic carbocycles. The van der Waals surface area contributed by atoms with Crippen LogP contribution in [0.1, 0.15) is 55.3 Å². The lowest BCUT2D eigenvalue weighted by atomic mass is 10.1. The quantitative estimate of drug-likeness (QED) is 0.875. The molecule has 19 heavy (non-hydrogen) atoms. The van der Waals surface area contributed by atoms with Gasteiger partial charge in [-0.3, -0.25) is 0 Å². The van der Waals surface area contributed by atoms with Crippen LogP contribution in [0.15, 0.2) is 24.3 Å². The molecule has 0 radical (unpaired) electrons. The van der Waals surface area contributed by atoms with Gasteiger partial charge in [-0.1, -0.05) is 24.3 Å². The van der Waals surface area contributed by atoms with Gasteiger partial charge in [0.05, 0.1) is 6.10 Å². The van der Waals surface area contributed by atoms with Crippen LogP contribution in [0.3, 0.4) is 0 Å². The van der Waals surface area contributed by atoms with E-state index in [0.29, 0.717) is 12.1 Å². The molecule has 1 heterocycles. The molecule has 2 aliphatic rings. The zero-order valence-electron chi connectivity index (χ0n) is 11.5. The molecule has 3 N–H and O–H groups in total. The minimum absolute atomic E-state index is 0.194. The molecule has 3 unspecified atom stereocenters. The van der Waals surface area contributed by atoms with Gasteiger partial charge in [-0.05, 0) is 49.8 Å². The van der Waals surface area contributed by atoms with E-state index in [0.717, 1.165) is 26.0 Å². The Morgan fingerprint density at radius 1 is 1.21 bits per heavy atom. The van der Waals surface area contributed by atoms with E-state index in [-0.39, 0.29) is 6.04 Å². The van der Waals surface area contributed by atoms with Gasteiger partial charge in [0, 0.05) is 18.7 Å². The van der Waals surface area contributed by atoms with Crippen molar-refractivity contribution in [2.24, 2.45) is 5.73 Å². The molecule has 3 atom stereocenters. The minimum atomic E-state index is 0.194. The van der Waals surface area contributed by atoms with Crippen molar-refractivity contribution in [1.29, 1.82) is 0 Å². The van der Waals surface area contributed by atoms with E-state index in [1.54, 1.807) is 0 Å². The van der Waals surface area contributed by atoms with Gasteiger partial charge < -0.3 is 15.8 Å². The Hall–Kier alpha value is -0.900. The maximum absolute atomic E-state index is 6.19. The van der Waals surface area contributed by atoms with E-state index in [9.17, 15) is 0 Å². The first-order valence-electron chi connectivity index (χ1n) is 7.54. The van der Waals surface area contributed by atoms with Gasteiger partial charge in [0.1, 0.15) is 0 Å². The van der Waals surface area contributed by atoms with Crippen molar-refractivity contribution < 1.29 is 4.74 Å². The highest BCUT2D eigenvalue weighted by Gasteiger charge is 2.27. The number of nitrogens with two attached hydrogens (primary N) is 1. The van der Waals surface area contributed by atoms with Crippen LogP contribution in [0.5, 0.6) is 0 Å². The number of hydrogen-bond donors (Lipinski definition) is 2. The largest absolute Gasteiger partial charge is 0.378 e. The summed E-state index contributed by atoms with van der Waals surface area (Å²) in [6.45, 7) is 1.97. The molecule has 0 spiro atoms. The predicted molar refractivity (Wildman–Crippen MR) is 76.9 cm³/mol. The third-order valence-corrected chi connectivity index (χ3v) is 4.39. The van der Waals surface area contributed by atoms with E-state index in [1.807, 2.05) is 0 Å². The zero-order valence-corrected chi connectivity index (χ0v) is 11.5. The first-order chi connectivity index (χ1) is 9.34. The van der Waals surface area contributed by atoms with Crippen LogP contribution in [0.2, 0.25) is 0 Å². The summed E-state index contributed by atoms with van der Waals surface area (Å²) in [6.07, 6.45) is 6.38. The number of hydrogen-bond acceptors (Lipinski definition) is 3. The predicted octanol–water partition coefficient (Wildman–Crippen LogP) is 2.68. The van der Waals surface area contributed by atoms with E-state index in [1.165, 1.54) is 30.4 Å². The lowest BCUT2D eigenvalue weighted by molar-refractivity contribution is 0.0112. The average molecular weight is 260 g/mol. The van der Waals surface area contributed by atoms with E-state index in [4.69, 9.17) is 10.5 Å². The van der Waals surface area contributed by atoms with Crippen molar-refractivity contribution in [2.45, 2.75) is 50.3 Å². The van der Waals surface area contributed by atoms with Crippen LogP contribution < -0.4 is 11.1 Å². The van der Waals surface area contributed by atoms with Crippen molar-refractivity contribution in [1.82, 2.24) is 5.32 Å². The maximum Gasteiger partial charge on any atom is 0.0587 e. The molecule has 1 aromatic rings. The van der Waals surface area contributed by atoms with Gasteiger partial charge in [-0.2, -0.15) is 0 Å². The molecule has 104 valence electrons. The highest BCUT2D eigenvalue weighted by atomic mass is 16.5. The molecule has 1 saturated heterocycles. The Balaban J connectivity index is 1.51. The van der Waals surface area contributed by atoms with Crippen molar-refractivity contribution in [3.63, 3.8) is 0 Å². The van der Waals surface area contributed by atoms with Crippen molar-refractivity contribution in [3.05, 3.63) is 35.4 Å². The monoisotopic (exact) mass is 260 g/mol. The molecule has 0 amide bonds. The van der Waals surface area contributed by atoms with E-state index >= 15 is 0 Å². The summed E-state index contributed by atoms with van der Waals surface area (Å²) in [5, 5.41) is 3.66. The Morgan fingerprint density at radius 3 is 2.84 bits per heavy atom. The summed E-state index contributed by atoms with van der Waals surface area (Å²) in [5.41, 5.74) is 8.89. The van der Waals surface area contributed by atoms with Gasteiger partial charge in [-0.25, -0.2) is 0 Å².